The molecule has 5 nitrogen and oxygen atoms in total. The van der Waals surface area contributed by atoms with Crippen molar-refractivity contribution in [2.24, 2.45) is 0 Å². The van der Waals surface area contributed by atoms with E-state index in [4.69, 9.17) is 0 Å². The number of aryl methyl sites for hydroxylation is 1. The summed E-state index contributed by atoms with van der Waals surface area (Å²) in [5, 5.41) is 11.2. The van der Waals surface area contributed by atoms with Gasteiger partial charge in [0, 0.05) is 0 Å². The number of para-hydroxylation sites is 1. The van der Waals surface area contributed by atoms with Gasteiger partial charge in [-0.15, -0.1) is 0 Å². The Kier molecular flexibility index (Phi) is 5.52. The van der Waals surface area contributed by atoms with Crippen LogP contribution in [-0.2, 0) is 10.0 Å². The summed E-state index contributed by atoms with van der Waals surface area (Å²) >= 11 is 0. The van der Waals surface area contributed by atoms with Crippen LogP contribution < -0.4 is 9.83 Å². The lowest BCUT2D eigenvalue weighted by Crippen LogP contribution is -2.24. The molecule has 0 radical (unpaired) electrons. The fourth-order valence-electron chi connectivity index (χ4n) is 2.66. The van der Waals surface area contributed by atoms with Crippen molar-refractivity contribution in [3.63, 3.8) is 0 Å². The molecule has 25 heavy (non-hydrogen) atoms. The lowest BCUT2D eigenvalue weighted by Gasteiger charge is -2.18. The Bertz CT molecular complexity index is 904. The van der Waals surface area contributed by atoms with Crippen molar-refractivity contribution in [1.82, 2.24) is 0 Å². The summed E-state index contributed by atoms with van der Waals surface area (Å²) in [7, 11) is -3.93. The van der Waals surface area contributed by atoms with E-state index < -0.39 is 16.0 Å². The van der Waals surface area contributed by atoms with E-state index in [1.807, 2.05) is 26.0 Å². The van der Waals surface area contributed by atoms with Crippen LogP contribution >= 0.6 is 0 Å². The smallest absolute Gasteiger partial charge is 0.262 e. The van der Waals surface area contributed by atoms with Crippen molar-refractivity contribution in [3.8, 4) is 0 Å². The molecule has 0 spiro atoms. The molecule has 0 bridgehead atoms. The number of anilines is 1. The van der Waals surface area contributed by atoms with Gasteiger partial charge in [0.2, 0.25) is 0 Å². The Morgan fingerprint density at radius 2 is 1.84 bits per heavy atom. The van der Waals surface area contributed by atoms with Crippen molar-refractivity contribution in [2.75, 3.05) is 4.72 Å². The summed E-state index contributed by atoms with van der Waals surface area (Å²) in [6, 6.07) is 9.79. The minimum Gasteiger partial charge on any atom is -0.545 e. The van der Waals surface area contributed by atoms with Gasteiger partial charge in [-0.2, -0.15) is 0 Å². The molecule has 0 heterocycles. The predicted molar refractivity (Wildman–Crippen MR) is 96.2 cm³/mol. The topological polar surface area (TPSA) is 86.3 Å². The van der Waals surface area contributed by atoms with Gasteiger partial charge in [0.25, 0.3) is 10.0 Å². The first-order valence-corrected chi connectivity index (χ1v) is 9.60. The normalized spacial score (nSPS) is 12.6. The van der Waals surface area contributed by atoms with Crippen LogP contribution in [-0.4, -0.2) is 14.4 Å². The van der Waals surface area contributed by atoms with Gasteiger partial charge in [0.15, 0.2) is 0 Å². The van der Waals surface area contributed by atoms with Crippen LogP contribution in [0.1, 0.15) is 53.2 Å². The molecule has 0 saturated carbocycles. The second-order valence-electron chi connectivity index (χ2n) is 6.21. The summed E-state index contributed by atoms with van der Waals surface area (Å²) < 4.78 is 28.4. The number of benzene rings is 2. The average molecular weight is 360 g/mol. The van der Waals surface area contributed by atoms with Crippen LogP contribution in [0.25, 0.3) is 0 Å². The van der Waals surface area contributed by atoms with E-state index in [9.17, 15) is 18.3 Å². The SMILES string of the molecule is CC[C@H](C)c1ccccc1NS(=O)(=O)c1cc(C(=O)[O-])cc(C)c1C. The van der Waals surface area contributed by atoms with Crippen LogP contribution in [0.4, 0.5) is 5.69 Å². The standard InChI is InChI=1S/C19H23NO4S/c1-5-12(2)16-8-6-7-9-17(16)20-25(23,24)18-11-15(19(21)22)10-13(3)14(18)4/h6-12,20H,5H2,1-4H3,(H,21,22)/p-1/t12-/m0/s1. The molecular weight excluding hydrogens is 338 g/mol. The zero-order valence-corrected chi connectivity index (χ0v) is 15.6. The predicted octanol–water partition coefficient (Wildman–Crippen LogP) is 2.98. The Balaban J connectivity index is 2.53. The maximum absolute atomic E-state index is 12.9. The maximum Gasteiger partial charge on any atom is 0.262 e. The Labute approximate surface area is 148 Å². The van der Waals surface area contributed by atoms with Gasteiger partial charge in [0.05, 0.1) is 16.6 Å². The molecule has 0 unspecified atom stereocenters. The van der Waals surface area contributed by atoms with Crippen LogP contribution in [0.3, 0.4) is 0 Å². The third kappa shape index (κ3) is 4.02. The second-order valence-corrected chi connectivity index (χ2v) is 7.86. The van der Waals surface area contributed by atoms with Crippen molar-refractivity contribution in [2.45, 2.75) is 44.9 Å². The fourth-order valence-corrected chi connectivity index (χ4v) is 4.09. The zero-order chi connectivity index (χ0) is 18.8. The molecule has 0 aliphatic heterocycles. The summed E-state index contributed by atoms with van der Waals surface area (Å²) in [6.07, 6.45) is 0.872. The van der Waals surface area contributed by atoms with E-state index in [1.165, 1.54) is 6.07 Å². The molecule has 0 saturated heterocycles. The minimum atomic E-state index is -3.93. The number of carboxylic acids is 1. The first-order valence-electron chi connectivity index (χ1n) is 8.11. The van der Waals surface area contributed by atoms with E-state index in [2.05, 4.69) is 4.72 Å². The molecule has 2 aromatic rings. The van der Waals surface area contributed by atoms with Crippen molar-refractivity contribution in [3.05, 3.63) is 58.7 Å². The summed E-state index contributed by atoms with van der Waals surface area (Å²) in [6.45, 7) is 7.39. The number of carbonyl (C=O) groups excluding carboxylic acids is 1. The van der Waals surface area contributed by atoms with Crippen LogP contribution in [0.15, 0.2) is 41.3 Å². The molecule has 0 amide bonds. The number of aromatic carboxylic acids is 1. The molecule has 0 aromatic heterocycles. The third-order valence-electron chi connectivity index (χ3n) is 4.49. The highest BCUT2D eigenvalue weighted by molar-refractivity contribution is 7.92. The largest absolute Gasteiger partial charge is 0.545 e. The lowest BCUT2D eigenvalue weighted by atomic mass is 9.97. The summed E-state index contributed by atoms with van der Waals surface area (Å²) in [5.74, 6) is -1.21. The van der Waals surface area contributed by atoms with E-state index >= 15 is 0 Å². The van der Waals surface area contributed by atoms with Crippen LogP contribution in [0.5, 0.6) is 0 Å². The zero-order valence-electron chi connectivity index (χ0n) is 14.8. The third-order valence-corrected chi connectivity index (χ3v) is 5.99. The van der Waals surface area contributed by atoms with E-state index in [1.54, 1.807) is 26.0 Å². The molecule has 0 aliphatic carbocycles. The van der Waals surface area contributed by atoms with E-state index in [0.717, 1.165) is 18.1 Å². The lowest BCUT2D eigenvalue weighted by molar-refractivity contribution is -0.255. The molecule has 1 N–H and O–H groups in total. The van der Waals surface area contributed by atoms with E-state index in [-0.39, 0.29) is 16.4 Å². The van der Waals surface area contributed by atoms with Gasteiger partial charge in [-0.1, -0.05) is 32.0 Å². The number of hydrogen-bond donors (Lipinski definition) is 1. The second kappa shape index (κ2) is 7.27. The highest BCUT2D eigenvalue weighted by atomic mass is 32.2. The van der Waals surface area contributed by atoms with Gasteiger partial charge in [-0.3, -0.25) is 4.72 Å². The highest BCUT2D eigenvalue weighted by Crippen LogP contribution is 2.29. The number of carbonyl (C=O) groups is 1. The van der Waals surface area contributed by atoms with Crippen molar-refractivity contribution in [1.29, 1.82) is 0 Å². The Morgan fingerprint density at radius 1 is 1.20 bits per heavy atom. The average Bonchev–Trinajstić information content (AvgIpc) is 2.56. The molecule has 6 heteroatoms. The fraction of sp³-hybridized carbons (Fsp3) is 0.316. The van der Waals surface area contributed by atoms with Gasteiger partial charge in [-0.25, -0.2) is 8.42 Å². The van der Waals surface area contributed by atoms with Gasteiger partial charge in [-0.05, 0) is 66.6 Å². The van der Waals surface area contributed by atoms with Gasteiger partial charge >= 0.3 is 0 Å². The molecule has 1 atom stereocenters. The Hall–Kier alpha value is -2.34. The number of hydrogen-bond acceptors (Lipinski definition) is 4. The molecule has 0 aliphatic rings. The highest BCUT2D eigenvalue weighted by Gasteiger charge is 2.21. The quantitative estimate of drug-likeness (QED) is 0.858. The summed E-state index contributed by atoms with van der Waals surface area (Å²) in [4.78, 5) is 11.1. The van der Waals surface area contributed by atoms with Crippen molar-refractivity contribution < 1.29 is 18.3 Å². The monoisotopic (exact) mass is 360 g/mol. The van der Waals surface area contributed by atoms with Gasteiger partial charge < -0.3 is 9.90 Å². The molecule has 2 rings (SSSR count). The molecule has 0 fully saturated rings. The first kappa shape index (κ1) is 19.0. The summed E-state index contributed by atoms with van der Waals surface area (Å²) in [5.41, 5.74) is 2.35. The van der Waals surface area contributed by atoms with E-state index in [0.29, 0.717) is 16.8 Å². The number of nitrogens with one attached hydrogen (secondary N) is 1. The van der Waals surface area contributed by atoms with Crippen LogP contribution in [0, 0.1) is 13.8 Å². The molecule has 2 aromatic carbocycles. The molecule has 134 valence electrons. The number of rotatable bonds is 6. The Morgan fingerprint density at radius 3 is 2.44 bits per heavy atom. The number of sulfonamides is 1. The number of carboxylic acid groups (broad SMARTS) is 1. The van der Waals surface area contributed by atoms with Crippen LogP contribution in [0.2, 0.25) is 0 Å². The van der Waals surface area contributed by atoms with Gasteiger partial charge in [0.1, 0.15) is 0 Å². The molecular formula is C19H22NO4S-. The minimum absolute atomic E-state index is 0.0503. The van der Waals surface area contributed by atoms with Crippen molar-refractivity contribution >= 4 is 21.7 Å². The maximum atomic E-state index is 12.9. The first-order chi connectivity index (χ1) is 11.7.